The number of rotatable bonds is 6. The highest BCUT2D eigenvalue weighted by Crippen LogP contribution is 2.37. The van der Waals surface area contributed by atoms with Crippen molar-refractivity contribution in [1.29, 1.82) is 0 Å². The van der Waals surface area contributed by atoms with Gasteiger partial charge in [-0.3, -0.25) is 9.59 Å². The van der Waals surface area contributed by atoms with Gasteiger partial charge >= 0.3 is 0 Å². The van der Waals surface area contributed by atoms with Crippen LogP contribution in [0.1, 0.15) is 33.1 Å². The summed E-state index contributed by atoms with van der Waals surface area (Å²) in [6.07, 6.45) is 1.52. The Kier molecular flexibility index (Phi) is 9.66. The predicted molar refractivity (Wildman–Crippen MR) is 123 cm³/mol. The van der Waals surface area contributed by atoms with Crippen molar-refractivity contribution in [2.45, 2.75) is 86.5 Å². The fourth-order valence-corrected chi connectivity index (χ4v) is 6.70. The minimum atomic E-state index is -0.842. The molecule has 5 aliphatic rings. The summed E-state index contributed by atoms with van der Waals surface area (Å²) in [4.78, 5) is 36.8. The van der Waals surface area contributed by atoms with Crippen molar-refractivity contribution < 1.29 is 47.9 Å². The number of hydrogen-bond acceptors (Lipinski definition) is 13. The van der Waals surface area contributed by atoms with Crippen LogP contribution in [0.15, 0.2) is 0 Å². The molecule has 5 fully saturated rings. The van der Waals surface area contributed by atoms with E-state index in [1.54, 1.807) is 6.92 Å². The first-order valence-corrected chi connectivity index (χ1v) is 13.5. The highest BCUT2D eigenvalue weighted by Gasteiger charge is 2.50. The SMILES string of the molecule is CC(=O)S[C@@H]1CO[C@H]2[C@@H]1OC[C@H]2OC1CCCCO1.CC(=O)S[C@@H]1CO[C@H]2[C@@H]1OC[C@H]2O[N+](=O)[O-]. The fourth-order valence-electron chi connectivity index (χ4n) is 4.82. The Bertz CT molecular complexity index is 738. The zero-order valence-corrected chi connectivity index (χ0v) is 21.2. The van der Waals surface area contributed by atoms with Gasteiger partial charge in [0.15, 0.2) is 22.6 Å². The lowest BCUT2D eigenvalue weighted by Gasteiger charge is -2.27. The summed E-state index contributed by atoms with van der Waals surface area (Å²) < 4.78 is 33.8. The first kappa shape index (κ1) is 27.0. The Labute approximate surface area is 211 Å². The standard InChI is InChI=1S/C13H20O5S.C8H11NO6S/c1-8(14)19-10-7-17-12-9(6-16-13(10)12)18-11-4-2-3-5-15-11;1-4(10)16-6-3-14-7-5(15-9(11)12)2-13-8(6)7/h9-13H,2-7H2,1H3;5-8H,2-3H2,1H3/t9-,10-,11?,12-,13-;5-,6-,7-,8-/m11/s1. The molecule has 14 heteroatoms. The molecule has 5 saturated heterocycles. The molecular weight excluding hydrogens is 506 g/mol. The number of carbonyl (C=O) groups is 2. The quantitative estimate of drug-likeness (QED) is 0.356. The molecule has 0 bridgehead atoms. The van der Waals surface area contributed by atoms with Gasteiger partial charge in [0.2, 0.25) is 0 Å². The van der Waals surface area contributed by atoms with Gasteiger partial charge in [0.05, 0.1) is 36.9 Å². The summed E-state index contributed by atoms with van der Waals surface area (Å²) in [6.45, 7) is 5.41. The zero-order chi connectivity index (χ0) is 24.9. The Morgan fingerprint density at radius 3 is 1.86 bits per heavy atom. The summed E-state index contributed by atoms with van der Waals surface area (Å²) in [5, 5.41) is 9.47. The predicted octanol–water partition coefficient (Wildman–Crippen LogP) is 1.35. The van der Waals surface area contributed by atoms with Crippen LogP contribution >= 0.6 is 23.5 Å². The van der Waals surface area contributed by atoms with E-state index in [1.807, 2.05) is 0 Å². The Hall–Kier alpha value is -1.00. The average molecular weight is 538 g/mol. The lowest BCUT2D eigenvalue weighted by molar-refractivity contribution is -0.769. The van der Waals surface area contributed by atoms with Crippen LogP contribution in [0, 0.1) is 10.1 Å². The van der Waals surface area contributed by atoms with Crippen LogP contribution in [0.3, 0.4) is 0 Å². The van der Waals surface area contributed by atoms with Gasteiger partial charge in [0.1, 0.15) is 30.5 Å². The molecule has 0 aromatic rings. The molecule has 0 amide bonds. The third-order valence-electron chi connectivity index (χ3n) is 6.25. The molecule has 9 atom stereocenters. The lowest BCUT2D eigenvalue weighted by Crippen LogP contribution is -2.36. The van der Waals surface area contributed by atoms with Crippen LogP contribution < -0.4 is 0 Å². The molecule has 5 heterocycles. The van der Waals surface area contributed by atoms with Crippen molar-refractivity contribution in [2.75, 3.05) is 33.0 Å². The Morgan fingerprint density at radius 2 is 1.34 bits per heavy atom. The molecule has 0 saturated carbocycles. The molecule has 1 unspecified atom stereocenters. The van der Waals surface area contributed by atoms with E-state index in [-0.39, 0.29) is 58.0 Å². The molecule has 0 aliphatic carbocycles. The van der Waals surface area contributed by atoms with E-state index in [0.29, 0.717) is 19.8 Å². The second-order valence-corrected chi connectivity index (χ2v) is 11.7. The number of carbonyl (C=O) groups excluding carboxylic acids is 2. The maximum Gasteiger partial charge on any atom is 0.294 e. The van der Waals surface area contributed by atoms with Gasteiger partial charge < -0.3 is 33.3 Å². The van der Waals surface area contributed by atoms with Crippen LogP contribution in [0.5, 0.6) is 0 Å². The van der Waals surface area contributed by atoms with Gasteiger partial charge in [-0.15, -0.1) is 10.1 Å². The molecule has 0 spiro atoms. The number of hydrogen-bond donors (Lipinski definition) is 0. The zero-order valence-electron chi connectivity index (χ0n) is 19.6. The molecule has 5 rings (SSSR count). The summed E-state index contributed by atoms with van der Waals surface area (Å²) in [5.41, 5.74) is 0. The van der Waals surface area contributed by atoms with E-state index in [2.05, 4.69) is 4.84 Å². The Balaban J connectivity index is 0.000000168. The van der Waals surface area contributed by atoms with Gasteiger partial charge in [-0.05, 0) is 19.3 Å². The third kappa shape index (κ3) is 7.06. The Morgan fingerprint density at radius 1 is 0.800 bits per heavy atom. The van der Waals surface area contributed by atoms with Crippen LogP contribution in [0.2, 0.25) is 0 Å². The minimum absolute atomic E-state index is 0.0171. The van der Waals surface area contributed by atoms with Crippen LogP contribution in [-0.4, -0.2) is 102 Å². The molecule has 198 valence electrons. The monoisotopic (exact) mass is 537 g/mol. The minimum Gasteiger partial charge on any atom is -0.372 e. The van der Waals surface area contributed by atoms with Gasteiger partial charge in [-0.25, -0.2) is 0 Å². The van der Waals surface area contributed by atoms with Crippen molar-refractivity contribution in [3.05, 3.63) is 10.1 Å². The van der Waals surface area contributed by atoms with E-state index in [1.165, 1.54) is 18.7 Å². The first-order chi connectivity index (χ1) is 16.8. The van der Waals surface area contributed by atoms with Crippen molar-refractivity contribution in [1.82, 2.24) is 0 Å². The van der Waals surface area contributed by atoms with E-state index < -0.39 is 17.3 Å². The first-order valence-electron chi connectivity index (χ1n) is 11.7. The normalized spacial score (nSPS) is 39.9. The maximum atomic E-state index is 11.2. The molecular formula is C21H31NO11S2. The highest BCUT2D eigenvalue weighted by atomic mass is 32.2. The summed E-state index contributed by atoms with van der Waals surface area (Å²) in [6, 6.07) is 0. The maximum absolute atomic E-state index is 11.2. The number of ether oxygens (including phenoxy) is 6. The summed E-state index contributed by atoms with van der Waals surface area (Å²) in [7, 11) is 0. The van der Waals surface area contributed by atoms with Gasteiger partial charge in [0.25, 0.3) is 5.09 Å². The highest BCUT2D eigenvalue weighted by molar-refractivity contribution is 8.14. The van der Waals surface area contributed by atoms with Crippen molar-refractivity contribution in [3.8, 4) is 0 Å². The number of nitrogens with zero attached hydrogens (tertiary/aromatic N) is 1. The molecule has 0 aromatic carbocycles. The smallest absolute Gasteiger partial charge is 0.294 e. The van der Waals surface area contributed by atoms with Crippen LogP contribution in [0.4, 0.5) is 0 Å². The summed E-state index contributed by atoms with van der Waals surface area (Å²) in [5.74, 6) is 0. The van der Waals surface area contributed by atoms with Gasteiger partial charge in [0, 0.05) is 20.5 Å². The van der Waals surface area contributed by atoms with Gasteiger partial charge in [-0.1, -0.05) is 23.5 Å². The second kappa shape index (κ2) is 12.5. The molecule has 0 aromatic heterocycles. The summed E-state index contributed by atoms with van der Waals surface area (Å²) >= 11 is 2.46. The van der Waals surface area contributed by atoms with Crippen molar-refractivity contribution in [2.24, 2.45) is 0 Å². The molecule has 12 nitrogen and oxygen atoms in total. The van der Waals surface area contributed by atoms with E-state index in [4.69, 9.17) is 28.4 Å². The molecule has 0 radical (unpaired) electrons. The third-order valence-corrected chi connectivity index (χ3v) is 8.32. The molecule has 0 N–H and O–H groups in total. The topological polar surface area (TPSA) is 142 Å². The fraction of sp³-hybridized carbons (Fsp3) is 0.905. The number of fused-ring (bicyclic) bond motifs is 2. The largest absolute Gasteiger partial charge is 0.372 e. The van der Waals surface area contributed by atoms with Crippen molar-refractivity contribution in [3.63, 3.8) is 0 Å². The van der Waals surface area contributed by atoms with Crippen LogP contribution in [0.25, 0.3) is 0 Å². The second-order valence-electron chi connectivity index (χ2n) is 8.83. The van der Waals surface area contributed by atoms with Crippen LogP contribution in [-0.2, 0) is 42.8 Å². The lowest BCUT2D eigenvalue weighted by atomic mass is 10.1. The number of thioether (sulfide) groups is 2. The van der Waals surface area contributed by atoms with E-state index in [9.17, 15) is 19.7 Å². The van der Waals surface area contributed by atoms with Crippen molar-refractivity contribution >= 4 is 33.8 Å². The van der Waals surface area contributed by atoms with E-state index in [0.717, 1.165) is 37.6 Å². The molecule has 5 aliphatic heterocycles. The average Bonchev–Trinajstić information content (AvgIpc) is 3.55. The van der Waals surface area contributed by atoms with E-state index >= 15 is 0 Å². The molecule has 35 heavy (non-hydrogen) atoms. The van der Waals surface area contributed by atoms with Gasteiger partial charge in [-0.2, -0.15) is 0 Å².